The minimum absolute atomic E-state index is 0.178. The molecule has 134 valence electrons. The Bertz CT molecular complexity index is 543. The van der Waals surface area contributed by atoms with Crippen LogP contribution in [0.2, 0.25) is 0 Å². The molecule has 0 bridgehead atoms. The molecule has 0 aromatic heterocycles. The number of nitrogens with zero attached hydrogens (tertiary/aromatic N) is 1. The number of ether oxygens (including phenoxy) is 2. The zero-order chi connectivity index (χ0) is 17.4. The Balaban J connectivity index is 1.91. The fourth-order valence-corrected chi connectivity index (χ4v) is 2.88. The van der Waals surface area contributed by atoms with Crippen LogP contribution in [-0.4, -0.2) is 38.4 Å². The first-order valence-electron chi connectivity index (χ1n) is 8.88. The number of unbranched alkanes of at least 4 members (excludes halogenated alkanes) is 1. The smallest absolute Gasteiger partial charge is 0.191 e. The van der Waals surface area contributed by atoms with Crippen LogP contribution in [0.15, 0.2) is 29.3 Å². The predicted molar refractivity (Wildman–Crippen MR) is 98.7 cm³/mol. The van der Waals surface area contributed by atoms with Gasteiger partial charge in [0.25, 0.3) is 0 Å². The van der Waals surface area contributed by atoms with Crippen molar-refractivity contribution in [1.29, 1.82) is 0 Å². The summed E-state index contributed by atoms with van der Waals surface area (Å²) in [7, 11) is 1.80. The highest BCUT2D eigenvalue weighted by molar-refractivity contribution is 5.80. The van der Waals surface area contributed by atoms with Gasteiger partial charge in [-0.05, 0) is 26.3 Å². The molecule has 2 rings (SSSR count). The van der Waals surface area contributed by atoms with Crippen LogP contribution in [0.25, 0.3) is 0 Å². The molecule has 0 saturated carbocycles. The Hall–Kier alpha value is -1.75. The molecule has 0 spiro atoms. The minimum Gasteiger partial charge on any atom is -0.487 e. The van der Waals surface area contributed by atoms with Gasteiger partial charge in [0.05, 0.1) is 12.6 Å². The third-order valence-corrected chi connectivity index (χ3v) is 4.09. The molecule has 0 aliphatic carbocycles. The highest BCUT2D eigenvalue weighted by Gasteiger charge is 2.33. The van der Waals surface area contributed by atoms with Crippen LogP contribution in [-0.2, 0) is 4.74 Å². The van der Waals surface area contributed by atoms with E-state index in [0.29, 0.717) is 6.61 Å². The number of guanidine groups is 1. The van der Waals surface area contributed by atoms with E-state index in [2.05, 4.69) is 42.5 Å². The zero-order valence-corrected chi connectivity index (χ0v) is 15.4. The van der Waals surface area contributed by atoms with Gasteiger partial charge in [0, 0.05) is 32.2 Å². The molecule has 0 saturated heterocycles. The molecule has 24 heavy (non-hydrogen) atoms. The zero-order valence-electron chi connectivity index (χ0n) is 15.4. The van der Waals surface area contributed by atoms with Crippen LogP contribution in [0.1, 0.15) is 51.6 Å². The number of nitrogens with one attached hydrogen (secondary N) is 2. The fourth-order valence-electron chi connectivity index (χ4n) is 2.88. The van der Waals surface area contributed by atoms with Crippen molar-refractivity contribution in [2.24, 2.45) is 4.99 Å². The maximum atomic E-state index is 6.08. The van der Waals surface area contributed by atoms with E-state index in [9.17, 15) is 0 Å². The summed E-state index contributed by atoms with van der Waals surface area (Å²) in [5.74, 6) is 1.75. The van der Waals surface area contributed by atoms with Crippen molar-refractivity contribution in [3.05, 3.63) is 29.8 Å². The summed E-state index contributed by atoms with van der Waals surface area (Å²) in [6.45, 7) is 8.67. The highest BCUT2D eigenvalue weighted by Crippen LogP contribution is 2.39. The lowest BCUT2D eigenvalue weighted by atomic mass is 9.90. The van der Waals surface area contributed by atoms with Crippen molar-refractivity contribution >= 4 is 5.96 Å². The monoisotopic (exact) mass is 333 g/mol. The molecule has 1 heterocycles. The molecule has 1 aliphatic heterocycles. The second kappa shape index (κ2) is 8.92. The Morgan fingerprint density at radius 3 is 2.88 bits per heavy atom. The summed E-state index contributed by atoms with van der Waals surface area (Å²) in [5, 5.41) is 6.85. The first-order chi connectivity index (χ1) is 11.6. The standard InChI is InChI=1S/C19H31N3O2/c1-5-6-12-23-13-11-21-18(20-4)22-16-14-19(2,3)24-17-10-8-7-9-15(16)17/h7-10,16H,5-6,11-14H2,1-4H3,(H2,20,21,22). The lowest BCUT2D eigenvalue weighted by Gasteiger charge is -2.38. The van der Waals surface area contributed by atoms with E-state index in [0.717, 1.165) is 44.1 Å². The number of rotatable bonds is 7. The van der Waals surface area contributed by atoms with Gasteiger partial charge in [0.15, 0.2) is 5.96 Å². The molecule has 0 radical (unpaired) electrons. The molecule has 1 aliphatic rings. The molecule has 1 aromatic carbocycles. The second-order valence-corrected chi connectivity index (χ2v) is 6.77. The SMILES string of the molecule is CCCCOCCNC(=NC)NC1CC(C)(C)Oc2ccccc21. The third-order valence-electron chi connectivity index (χ3n) is 4.09. The van der Waals surface area contributed by atoms with Crippen molar-refractivity contribution < 1.29 is 9.47 Å². The van der Waals surface area contributed by atoms with Gasteiger partial charge in [0.2, 0.25) is 0 Å². The average molecular weight is 333 g/mol. The van der Waals surface area contributed by atoms with Crippen LogP contribution in [0.4, 0.5) is 0 Å². The Morgan fingerprint density at radius 1 is 1.33 bits per heavy atom. The Kier molecular flexibility index (Phi) is 6.91. The summed E-state index contributed by atoms with van der Waals surface area (Å²) in [6, 6.07) is 8.38. The molecular formula is C19H31N3O2. The van der Waals surface area contributed by atoms with Crippen molar-refractivity contribution in [3.8, 4) is 5.75 Å². The van der Waals surface area contributed by atoms with Crippen molar-refractivity contribution in [3.63, 3.8) is 0 Å². The van der Waals surface area contributed by atoms with Gasteiger partial charge in [0.1, 0.15) is 11.4 Å². The summed E-state index contributed by atoms with van der Waals surface area (Å²) < 4.78 is 11.7. The maximum Gasteiger partial charge on any atom is 0.191 e. The molecule has 5 nitrogen and oxygen atoms in total. The van der Waals surface area contributed by atoms with Crippen molar-refractivity contribution in [1.82, 2.24) is 10.6 Å². The molecule has 5 heteroatoms. The van der Waals surface area contributed by atoms with Crippen LogP contribution >= 0.6 is 0 Å². The summed E-state index contributed by atoms with van der Waals surface area (Å²) in [5.41, 5.74) is 0.979. The topological polar surface area (TPSA) is 54.9 Å². The van der Waals surface area contributed by atoms with Gasteiger partial charge in [-0.25, -0.2) is 0 Å². The first-order valence-corrected chi connectivity index (χ1v) is 8.88. The van der Waals surface area contributed by atoms with E-state index in [4.69, 9.17) is 9.47 Å². The van der Waals surface area contributed by atoms with E-state index >= 15 is 0 Å². The van der Waals surface area contributed by atoms with Gasteiger partial charge < -0.3 is 20.1 Å². The fraction of sp³-hybridized carbons (Fsp3) is 0.632. The molecule has 1 aromatic rings. The average Bonchev–Trinajstić information content (AvgIpc) is 2.55. The quantitative estimate of drug-likeness (QED) is 0.457. The molecule has 0 amide bonds. The second-order valence-electron chi connectivity index (χ2n) is 6.77. The van der Waals surface area contributed by atoms with Crippen LogP contribution in [0.5, 0.6) is 5.75 Å². The number of para-hydroxylation sites is 1. The van der Waals surface area contributed by atoms with Gasteiger partial charge in [-0.2, -0.15) is 0 Å². The van der Waals surface area contributed by atoms with Crippen LogP contribution in [0.3, 0.4) is 0 Å². The highest BCUT2D eigenvalue weighted by atomic mass is 16.5. The molecule has 0 fully saturated rings. The normalized spacial score (nSPS) is 19.3. The van der Waals surface area contributed by atoms with E-state index in [1.54, 1.807) is 7.05 Å². The summed E-state index contributed by atoms with van der Waals surface area (Å²) in [6.07, 6.45) is 3.16. The van der Waals surface area contributed by atoms with Gasteiger partial charge in [-0.15, -0.1) is 0 Å². The van der Waals surface area contributed by atoms with Crippen molar-refractivity contribution in [2.75, 3.05) is 26.8 Å². The van der Waals surface area contributed by atoms with Crippen LogP contribution in [0, 0.1) is 0 Å². The van der Waals surface area contributed by atoms with Gasteiger partial charge in [-0.3, -0.25) is 4.99 Å². The number of hydrogen-bond donors (Lipinski definition) is 2. The molecule has 1 unspecified atom stereocenters. The lowest BCUT2D eigenvalue weighted by molar-refractivity contribution is 0.0693. The maximum absolute atomic E-state index is 6.08. The summed E-state index contributed by atoms with van der Waals surface area (Å²) >= 11 is 0. The Morgan fingerprint density at radius 2 is 2.12 bits per heavy atom. The van der Waals surface area contributed by atoms with E-state index in [1.807, 2.05) is 18.2 Å². The molecule has 2 N–H and O–H groups in total. The van der Waals surface area contributed by atoms with Gasteiger partial charge >= 0.3 is 0 Å². The molecular weight excluding hydrogens is 302 g/mol. The van der Waals surface area contributed by atoms with E-state index < -0.39 is 0 Å². The largest absolute Gasteiger partial charge is 0.487 e. The lowest BCUT2D eigenvalue weighted by Crippen LogP contribution is -2.45. The van der Waals surface area contributed by atoms with Gasteiger partial charge in [-0.1, -0.05) is 31.5 Å². The number of aliphatic imine (C=N–C) groups is 1. The number of hydrogen-bond acceptors (Lipinski definition) is 3. The minimum atomic E-state index is -0.200. The number of benzene rings is 1. The predicted octanol–water partition coefficient (Wildman–Crippen LogP) is 3.27. The molecule has 1 atom stereocenters. The Labute approximate surface area is 145 Å². The summed E-state index contributed by atoms with van der Waals surface area (Å²) in [4.78, 5) is 4.33. The first kappa shape index (κ1) is 18.6. The number of fused-ring (bicyclic) bond motifs is 1. The van der Waals surface area contributed by atoms with E-state index in [1.165, 1.54) is 5.56 Å². The van der Waals surface area contributed by atoms with Crippen molar-refractivity contribution in [2.45, 2.75) is 51.7 Å². The van der Waals surface area contributed by atoms with E-state index in [-0.39, 0.29) is 11.6 Å². The third kappa shape index (κ3) is 5.41. The van der Waals surface area contributed by atoms with Crippen LogP contribution < -0.4 is 15.4 Å².